The maximum atomic E-state index is 12.6. The summed E-state index contributed by atoms with van der Waals surface area (Å²) in [5, 5.41) is 0. The van der Waals surface area contributed by atoms with E-state index in [0.29, 0.717) is 0 Å². The Labute approximate surface area is 66.8 Å². The van der Waals surface area contributed by atoms with Gasteiger partial charge in [0.25, 0.3) is 0 Å². The van der Waals surface area contributed by atoms with Crippen molar-refractivity contribution in [3.63, 3.8) is 0 Å². The minimum absolute atomic E-state index is 0.330. The molecule has 1 aromatic carbocycles. The third-order valence-corrected chi connectivity index (χ3v) is 1.31. The van der Waals surface area contributed by atoms with Crippen molar-refractivity contribution in [1.29, 1.82) is 0 Å². The van der Waals surface area contributed by atoms with E-state index in [9.17, 15) is 18.4 Å². The molecular weight excluding hydrogens is 166 g/mol. The molecule has 0 saturated carbocycles. The number of benzene rings is 1. The summed E-state index contributed by atoms with van der Waals surface area (Å²) in [6, 6.07) is 1.71. The topological polar surface area (TPSA) is 34.1 Å². The lowest BCUT2D eigenvalue weighted by Gasteiger charge is -1.96. The average Bonchev–Trinajstić information content (AvgIpc) is 2.09. The van der Waals surface area contributed by atoms with Crippen molar-refractivity contribution in [2.45, 2.75) is 0 Å². The van der Waals surface area contributed by atoms with Crippen LogP contribution in [-0.2, 0) is 9.59 Å². The van der Waals surface area contributed by atoms with Crippen LogP contribution in [0.4, 0.5) is 8.78 Å². The molecule has 0 aliphatic rings. The average molecular weight is 168 g/mol. The summed E-state index contributed by atoms with van der Waals surface area (Å²) in [5.74, 6) is -2.56. The molecule has 4 heteroatoms. The predicted molar refractivity (Wildman–Crippen MR) is 35.9 cm³/mol. The van der Waals surface area contributed by atoms with Crippen LogP contribution in [0.3, 0.4) is 0 Å². The molecular formula is C8H2F2O2. The van der Waals surface area contributed by atoms with Crippen molar-refractivity contribution < 1.29 is 18.4 Å². The maximum Gasteiger partial charge on any atom is 0.237 e. The summed E-state index contributed by atoms with van der Waals surface area (Å²) in [5.41, 5.74) is -1.05. The molecule has 1 rings (SSSR count). The lowest BCUT2D eigenvalue weighted by atomic mass is 10.1. The molecule has 60 valence electrons. The van der Waals surface area contributed by atoms with Gasteiger partial charge in [0.15, 0.2) is 11.6 Å². The van der Waals surface area contributed by atoms with E-state index >= 15 is 0 Å². The van der Waals surface area contributed by atoms with E-state index in [1.165, 1.54) is 6.29 Å². The Balaban J connectivity index is 3.45. The molecule has 0 saturated heterocycles. The third-order valence-electron chi connectivity index (χ3n) is 1.31. The van der Waals surface area contributed by atoms with Gasteiger partial charge in [0.1, 0.15) is 0 Å². The summed E-state index contributed by atoms with van der Waals surface area (Å²) in [6.45, 7) is 0. The number of hydrogen-bond acceptors (Lipinski definition) is 2. The van der Waals surface area contributed by atoms with Crippen molar-refractivity contribution in [3.8, 4) is 0 Å². The fourth-order valence-electron chi connectivity index (χ4n) is 0.735. The van der Waals surface area contributed by atoms with E-state index in [0.717, 1.165) is 18.4 Å². The SMILES string of the molecule is O=[C]c1ccc(F)c(F)c1[C]=O. The molecule has 1 aromatic rings. The summed E-state index contributed by atoms with van der Waals surface area (Å²) in [7, 11) is 0. The summed E-state index contributed by atoms with van der Waals surface area (Å²) in [6.07, 6.45) is 2.42. The first-order valence-electron chi connectivity index (χ1n) is 2.95. The van der Waals surface area contributed by atoms with Crippen molar-refractivity contribution in [3.05, 3.63) is 34.9 Å². The highest BCUT2D eigenvalue weighted by Crippen LogP contribution is 2.12. The first-order valence-corrected chi connectivity index (χ1v) is 2.95. The second kappa shape index (κ2) is 3.21. The Morgan fingerprint density at radius 1 is 1.08 bits per heavy atom. The van der Waals surface area contributed by atoms with Gasteiger partial charge in [-0.3, -0.25) is 9.59 Å². The highest BCUT2D eigenvalue weighted by molar-refractivity contribution is 5.90. The minimum atomic E-state index is -1.37. The van der Waals surface area contributed by atoms with Gasteiger partial charge in [-0.1, -0.05) is 0 Å². The molecule has 0 aromatic heterocycles. The lowest BCUT2D eigenvalue weighted by molar-refractivity contribution is 0.501. The highest BCUT2D eigenvalue weighted by Gasteiger charge is 2.12. The van der Waals surface area contributed by atoms with Gasteiger partial charge in [-0.2, -0.15) is 0 Å². The molecule has 0 aliphatic carbocycles. The molecule has 2 radical (unpaired) electrons. The number of halogens is 2. The molecule has 0 amide bonds. The Morgan fingerprint density at radius 3 is 2.25 bits per heavy atom. The molecule has 0 spiro atoms. The highest BCUT2D eigenvalue weighted by atomic mass is 19.2. The van der Waals surface area contributed by atoms with E-state index in [1.54, 1.807) is 0 Å². The Bertz CT molecular complexity index is 334. The third kappa shape index (κ3) is 1.23. The number of hydrogen-bond donors (Lipinski definition) is 0. The van der Waals surface area contributed by atoms with Crippen molar-refractivity contribution in [1.82, 2.24) is 0 Å². The van der Waals surface area contributed by atoms with Crippen LogP contribution in [0.15, 0.2) is 12.1 Å². The molecule has 12 heavy (non-hydrogen) atoms. The van der Waals surface area contributed by atoms with E-state index in [1.807, 2.05) is 0 Å². The van der Waals surface area contributed by atoms with Crippen LogP contribution in [0.5, 0.6) is 0 Å². The van der Waals surface area contributed by atoms with Gasteiger partial charge in [0, 0.05) is 5.56 Å². The standard InChI is InChI=1S/C8H2F2O2/c9-7-2-1-5(3-11)6(4-12)8(7)10/h1-2H. The molecule has 0 unspecified atom stereocenters. The zero-order valence-corrected chi connectivity index (χ0v) is 5.73. The van der Waals surface area contributed by atoms with Crippen LogP contribution in [0, 0.1) is 11.6 Å². The molecule has 0 atom stereocenters. The van der Waals surface area contributed by atoms with Gasteiger partial charge in [0.05, 0.1) is 5.56 Å². The fraction of sp³-hybridized carbons (Fsp3) is 0. The monoisotopic (exact) mass is 168 g/mol. The van der Waals surface area contributed by atoms with Gasteiger partial charge in [-0.15, -0.1) is 0 Å². The first kappa shape index (κ1) is 8.52. The van der Waals surface area contributed by atoms with E-state index in [2.05, 4.69) is 0 Å². The second-order valence-corrected chi connectivity index (χ2v) is 1.99. The Hall–Kier alpha value is -1.58. The van der Waals surface area contributed by atoms with Crippen LogP contribution in [0.2, 0.25) is 0 Å². The zero-order valence-electron chi connectivity index (χ0n) is 5.73. The summed E-state index contributed by atoms with van der Waals surface area (Å²) in [4.78, 5) is 20.1. The predicted octanol–water partition coefficient (Wildman–Crippen LogP) is 0.880. The van der Waals surface area contributed by atoms with Gasteiger partial charge in [0.2, 0.25) is 12.6 Å². The van der Waals surface area contributed by atoms with Crippen LogP contribution in [-0.4, -0.2) is 12.6 Å². The molecule has 0 N–H and O–H groups in total. The maximum absolute atomic E-state index is 12.6. The van der Waals surface area contributed by atoms with Crippen LogP contribution in [0.25, 0.3) is 0 Å². The Kier molecular flexibility index (Phi) is 2.28. The number of rotatable bonds is 2. The van der Waals surface area contributed by atoms with Crippen LogP contribution < -0.4 is 0 Å². The van der Waals surface area contributed by atoms with Gasteiger partial charge in [-0.25, -0.2) is 8.78 Å². The van der Waals surface area contributed by atoms with Crippen molar-refractivity contribution >= 4 is 12.6 Å². The normalized spacial score (nSPS) is 9.50. The quantitative estimate of drug-likeness (QED) is 0.656. The van der Waals surface area contributed by atoms with Crippen molar-refractivity contribution in [2.24, 2.45) is 0 Å². The number of carbonyl (C=O) groups excluding carboxylic acids is 2. The van der Waals surface area contributed by atoms with Crippen LogP contribution in [0.1, 0.15) is 11.1 Å². The molecule has 0 aliphatic heterocycles. The smallest absolute Gasteiger partial charge is 0.237 e. The summed E-state index contributed by atoms with van der Waals surface area (Å²) < 4.78 is 25.0. The minimum Gasteiger partial charge on any atom is -0.285 e. The Morgan fingerprint density at radius 2 is 1.75 bits per heavy atom. The molecule has 0 bridgehead atoms. The van der Waals surface area contributed by atoms with E-state index in [4.69, 9.17) is 0 Å². The fourth-order valence-corrected chi connectivity index (χ4v) is 0.735. The largest absolute Gasteiger partial charge is 0.285 e. The molecule has 0 heterocycles. The van der Waals surface area contributed by atoms with Gasteiger partial charge < -0.3 is 0 Å². The van der Waals surface area contributed by atoms with Crippen LogP contribution >= 0.6 is 0 Å². The zero-order chi connectivity index (χ0) is 9.14. The van der Waals surface area contributed by atoms with E-state index < -0.39 is 17.2 Å². The summed E-state index contributed by atoms with van der Waals surface area (Å²) >= 11 is 0. The molecule has 0 fully saturated rings. The second-order valence-electron chi connectivity index (χ2n) is 1.99. The van der Waals surface area contributed by atoms with Crippen molar-refractivity contribution in [2.75, 3.05) is 0 Å². The van der Waals surface area contributed by atoms with E-state index in [-0.39, 0.29) is 5.56 Å². The van der Waals surface area contributed by atoms with Gasteiger partial charge in [-0.05, 0) is 12.1 Å². The molecule has 2 nitrogen and oxygen atoms in total. The first-order chi connectivity index (χ1) is 5.70. The lowest BCUT2D eigenvalue weighted by Crippen LogP contribution is -1.98. The van der Waals surface area contributed by atoms with Gasteiger partial charge >= 0.3 is 0 Å².